The second-order valence-electron chi connectivity index (χ2n) is 4.49. The highest BCUT2D eigenvalue weighted by atomic mass is 32.2. The Morgan fingerprint density at radius 1 is 1.06 bits per heavy atom. The van der Waals surface area contributed by atoms with Gasteiger partial charge in [-0.05, 0) is 24.5 Å². The van der Waals surface area contributed by atoms with Crippen LogP contribution in [0.3, 0.4) is 0 Å². The van der Waals surface area contributed by atoms with Crippen LogP contribution in [-0.4, -0.2) is 26.5 Å². The summed E-state index contributed by atoms with van der Waals surface area (Å²) in [7, 11) is -2.89. The van der Waals surface area contributed by atoms with E-state index in [0.29, 0.717) is 13.0 Å². The van der Waals surface area contributed by atoms with Crippen LogP contribution in [-0.2, 0) is 16.3 Å². The maximum Gasteiger partial charge on any atom is 0.152 e. The number of aryl methyl sites for hydroxylation is 1. The van der Waals surface area contributed by atoms with E-state index in [-0.39, 0.29) is 11.5 Å². The molecule has 102 valence electrons. The van der Waals surface area contributed by atoms with Gasteiger partial charge in [-0.15, -0.1) is 0 Å². The Morgan fingerprint density at radius 3 is 2.44 bits per heavy atom. The van der Waals surface area contributed by atoms with Crippen LogP contribution in [0.2, 0.25) is 0 Å². The van der Waals surface area contributed by atoms with Gasteiger partial charge in [-0.2, -0.15) is 0 Å². The maximum absolute atomic E-state index is 11.6. The minimum absolute atomic E-state index is 0.210. The van der Waals surface area contributed by atoms with Gasteiger partial charge in [0, 0.05) is 18.0 Å². The Bertz CT molecular complexity index is 455. The van der Waals surface area contributed by atoms with E-state index in [0.717, 1.165) is 18.5 Å². The molecule has 0 amide bonds. The molecule has 0 unspecified atom stereocenters. The van der Waals surface area contributed by atoms with Gasteiger partial charge in [0.25, 0.3) is 0 Å². The number of hydrogen-bond donors (Lipinski definition) is 1. The van der Waals surface area contributed by atoms with Crippen molar-refractivity contribution in [3.63, 3.8) is 0 Å². The monoisotopic (exact) mass is 269 g/mol. The van der Waals surface area contributed by atoms with Crippen molar-refractivity contribution >= 4 is 15.5 Å². The van der Waals surface area contributed by atoms with Crippen molar-refractivity contribution in [3.8, 4) is 0 Å². The Kier molecular flexibility index (Phi) is 6.19. The predicted octanol–water partition coefficient (Wildman–Crippen LogP) is 2.88. The van der Waals surface area contributed by atoms with Gasteiger partial charge < -0.3 is 5.32 Å². The van der Waals surface area contributed by atoms with Gasteiger partial charge in [-0.3, -0.25) is 0 Å². The highest BCUT2D eigenvalue weighted by Gasteiger charge is 2.09. The molecule has 1 N–H and O–H groups in total. The fraction of sp³-hybridized carbons (Fsp3) is 0.571. The first kappa shape index (κ1) is 15.0. The van der Waals surface area contributed by atoms with Crippen molar-refractivity contribution in [1.29, 1.82) is 0 Å². The van der Waals surface area contributed by atoms with Crippen molar-refractivity contribution in [3.05, 3.63) is 29.8 Å². The molecule has 0 aliphatic rings. The molecule has 1 rings (SSSR count). The third kappa shape index (κ3) is 5.08. The standard InChI is InChI=1S/C14H23NO2S/c1-3-7-13-8-5-6-9-14(13)15-10-12-18(16,17)11-4-2/h5-6,8-9,15H,3-4,7,10-12H2,1-2H3. The number of benzene rings is 1. The average molecular weight is 269 g/mol. The number of sulfone groups is 1. The zero-order chi connectivity index (χ0) is 13.4. The van der Waals surface area contributed by atoms with E-state index >= 15 is 0 Å². The van der Waals surface area contributed by atoms with Gasteiger partial charge in [0.2, 0.25) is 0 Å². The molecule has 0 heterocycles. The van der Waals surface area contributed by atoms with E-state index in [2.05, 4.69) is 18.3 Å². The zero-order valence-electron chi connectivity index (χ0n) is 11.3. The molecule has 0 aromatic heterocycles. The highest BCUT2D eigenvalue weighted by Crippen LogP contribution is 2.16. The summed E-state index contributed by atoms with van der Waals surface area (Å²) in [6.45, 7) is 4.52. The molecule has 1 aromatic carbocycles. The molecule has 0 bridgehead atoms. The molecule has 0 spiro atoms. The molecule has 1 aromatic rings. The van der Waals surface area contributed by atoms with Gasteiger partial charge in [0.1, 0.15) is 0 Å². The van der Waals surface area contributed by atoms with Crippen LogP contribution in [0, 0.1) is 0 Å². The van der Waals surface area contributed by atoms with Crippen LogP contribution in [0.4, 0.5) is 5.69 Å². The first-order valence-electron chi connectivity index (χ1n) is 6.61. The van der Waals surface area contributed by atoms with E-state index in [9.17, 15) is 8.42 Å². The minimum atomic E-state index is -2.89. The Labute approximate surface area is 111 Å². The lowest BCUT2D eigenvalue weighted by atomic mass is 10.1. The smallest absolute Gasteiger partial charge is 0.152 e. The van der Waals surface area contributed by atoms with Crippen LogP contribution >= 0.6 is 0 Å². The normalized spacial score (nSPS) is 11.4. The lowest BCUT2D eigenvalue weighted by molar-refractivity contribution is 0.595. The summed E-state index contributed by atoms with van der Waals surface area (Å²) in [6, 6.07) is 8.09. The largest absolute Gasteiger partial charge is 0.384 e. The number of anilines is 1. The van der Waals surface area contributed by atoms with Crippen molar-refractivity contribution < 1.29 is 8.42 Å². The zero-order valence-corrected chi connectivity index (χ0v) is 12.1. The Hall–Kier alpha value is -1.03. The maximum atomic E-state index is 11.6. The summed E-state index contributed by atoms with van der Waals surface area (Å²) in [5.41, 5.74) is 2.32. The molecular weight excluding hydrogens is 246 g/mol. The second-order valence-corrected chi connectivity index (χ2v) is 6.79. The quantitative estimate of drug-likeness (QED) is 0.789. The lowest BCUT2D eigenvalue weighted by Crippen LogP contribution is -2.18. The third-order valence-electron chi connectivity index (χ3n) is 2.78. The molecule has 0 fully saturated rings. The SMILES string of the molecule is CCCc1ccccc1NCCS(=O)(=O)CCC. The minimum Gasteiger partial charge on any atom is -0.384 e. The highest BCUT2D eigenvalue weighted by molar-refractivity contribution is 7.91. The molecule has 0 atom stereocenters. The topological polar surface area (TPSA) is 46.2 Å². The van der Waals surface area contributed by atoms with Crippen molar-refractivity contribution in [2.75, 3.05) is 23.4 Å². The van der Waals surface area contributed by atoms with Crippen LogP contribution in [0.15, 0.2) is 24.3 Å². The fourth-order valence-corrected chi connectivity index (χ4v) is 3.17. The van der Waals surface area contributed by atoms with Gasteiger partial charge in [-0.1, -0.05) is 38.5 Å². The molecule has 0 radical (unpaired) electrons. The number of hydrogen-bond acceptors (Lipinski definition) is 3. The Morgan fingerprint density at radius 2 is 1.78 bits per heavy atom. The molecular formula is C14H23NO2S. The summed E-state index contributed by atoms with van der Waals surface area (Å²) in [5, 5.41) is 3.23. The molecule has 0 aliphatic carbocycles. The Balaban J connectivity index is 2.53. The van der Waals surface area contributed by atoms with Crippen molar-refractivity contribution in [2.24, 2.45) is 0 Å². The summed E-state index contributed by atoms with van der Waals surface area (Å²) in [5.74, 6) is 0.493. The van der Waals surface area contributed by atoms with E-state index in [1.54, 1.807) is 0 Å². The van der Waals surface area contributed by atoms with Gasteiger partial charge >= 0.3 is 0 Å². The average Bonchev–Trinajstić information content (AvgIpc) is 2.31. The summed E-state index contributed by atoms with van der Waals surface area (Å²) >= 11 is 0. The number of rotatable bonds is 8. The van der Waals surface area contributed by atoms with Crippen LogP contribution in [0.1, 0.15) is 32.3 Å². The van der Waals surface area contributed by atoms with Gasteiger partial charge in [-0.25, -0.2) is 8.42 Å². The lowest BCUT2D eigenvalue weighted by Gasteiger charge is -2.11. The number of nitrogens with one attached hydrogen (secondary N) is 1. The van der Waals surface area contributed by atoms with E-state index in [1.165, 1.54) is 5.56 Å². The van der Waals surface area contributed by atoms with E-state index < -0.39 is 9.84 Å². The van der Waals surface area contributed by atoms with Crippen LogP contribution in [0.25, 0.3) is 0 Å². The molecule has 4 heteroatoms. The van der Waals surface area contributed by atoms with Crippen LogP contribution < -0.4 is 5.32 Å². The van der Waals surface area contributed by atoms with Crippen LogP contribution in [0.5, 0.6) is 0 Å². The molecule has 0 saturated carbocycles. The second kappa shape index (κ2) is 7.41. The summed E-state index contributed by atoms with van der Waals surface area (Å²) in [4.78, 5) is 0. The molecule has 18 heavy (non-hydrogen) atoms. The third-order valence-corrected chi connectivity index (χ3v) is 4.64. The molecule has 3 nitrogen and oxygen atoms in total. The first-order chi connectivity index (χ1) is 8.59. The number of para-hydroxylation sites is 1. The van der Waals surface area contributed by atoms with Crippen molar-refractivity contribution in [1.82, 2.24) is 0 Å². The first-order valence-corrected chi connectivity index (χ1v) is 8.43. The fourth-order valence-electron chi connectivity index (χ4n) is 1.93. The van der Waals surface area contributed by atoms with Gasteiger partial charge in [0.05, 0.1) is 5.75 Å². The summed E-state index contributed by atoms with van der Waals surface area (Å²) in [6.07, 6.45) is 2.80. The van der Waals surface area contributed by atoms with E-state index in [1.807, 2.05) is 25.1 Å². The summed E-state index contributed by atoms with van der Waals surface area (Å²) < 4.78 is 23.2. The van der Waals surface area contributed by atoms with Gasteiger partial charge in [0.15, 0.2) is 9.84 Å². The molecule has 0 aliphatic heterocycles. The van der Waals surface area contributed by atoms with E-state index in [4.69, 9.17) is 0 Å². The van der Waals surface area contributed by atoms with Crippen molar-refractivity contribution in [2.45, 2.75) is 33.1 Å². The molecule has 0 saturated heterocycles. The predicted molar refractivity (Wildman–Crippen MR) is 77.9 cm³/mol.